The van der Waals surface area contributed by atoms with Crippen LogP contribution in [0.4, 0.5) is 5.69 Å². The van der Waals surface area contributed by atoms with Crippen LogP contribution in [0.15, 0.2) is 18.2 Å². The molecule has 1 unspecified atom stereocenters. The number of fused-ring (bicyclic) bond motifs is 1. The van der Waals surface area contributed by atoms with E-state index in [1.165, 1.54) is 11.8 Å². The van der Waals surface area contributed by atoms with Gasteiger partial charge in [-0.3, -0.25) is 9.69 Å². The van der Waals surface area contributed by atoms with Gasteiger partial charge in [0.15, 0.2) is 5.60 Å². The molecule has 1 atom stereocenters. The molecule has 5 heteroatoms. The maximum absolute atomic E-state index is 12.4. The van der Waals surface area contributed by atoms with E-state index in [0.717, 1.165) is 5.56 Å². The van der Waals surface area contributed by atoms with E-state index in [0.29, 0.717) is 11.4 Å². The second-order valence-corrected chi connectivity index (χ2v) is 5.27. The number of anilines is 1. The van der Waals surface area contributed by atoms with Gasteiger partial charge in [-0.1, -0.05) is 6.07 Å². The van der Waals surface area contributed by atoms with Gasteiger partial charge in [0, 0.05) is 0 Å². The van der Waals surface area contributed by atoms with Gasteiger partial charge in [0.05, 0.1) is 5.69 Å². The fourth-order valence-electron chi connectivity index (χ4n) is 2.11. The molecule has 0 saturated carbocycles. The van der Waals surface area contributed by atoms with E-state index in [1.807, 2.05) is 13.0 Å². The third kappa shape index (κ3) is 2.16. The number of ether oxygens (including phenoxy) is 1. The molecule has 0 aromatic heterocycles. The second-order valence-electron chi connectivity index (χ2n) is 5.27. The molecular formula is C14H17NO4. The van der Waals surface area contributed by atoms with Crippen molar-refractivity contribution < 1.29 is 19.4 Å². The molecular weight excluding hydrogens is 246 g/mol. The molecule has 0 fully saturated rings. The zero-order valence-electron chi connectivity index (χ0n) is 11.4. The van der Waals surface area contributed by atoms with Crippen LogP contribution in [0.3, 0.4) is 0 Å². The van der Waals surface area contributed by atoms with E-state index in [2.05, 4.69) is 0 Å². The van der Waals surface area contributed by atoms with Crippen molar-refractivity contribution in [2.24, 2.45) is 0 Å². The summed E-state index contributed by atoms with van der Waals surface area (Å²) in [6.07, 6.45) is 0. The highest BCUT2D eigenvalue weighted by molar-refractivity contribution is 6.06. The first-order valence-electron chi connectivity index (χ1n) is 6.10. The summed E-state index contributed by atoms with van der Waals surface area (Å²) < 4.78 is 5.66. The van der Waals surface area contributed by atoms with Gasteiger partial charge in [0.2, 0.25) is 0 Å². The van der Waals surface area contributed by atoms with Crippen LogP contribution in [0.2, 0.25) is 0 Å². The monoisotopic (exact) mass is 263 g/mol. The number of hydrogen-bond acceptors (Lipinski definition) is 3. The number of aliphatic carboxylic acids is 1. The molecule has 102 valence electrons. The first-order chi connectivity index (χ1) is 8.74. The number of hydrogen-bond donors (Lipinski definition) is 1. The first-order valence-corrected chi connectivity index (χ1v) is 6.10. The van der Waals surface area contributed by atoms with Crippen molar-refractivity contribution >= 4 is 17.6 Å². The summed E-state index contributed by atoms with van der Waals surface area (Å²) >= 11 is 0. The molecule has 0 aliphatic carbocycles. The number of benzene rings is 1. The summed E-state index contributed by atoms with van der Waals surface area (Å²) in [5.74, 6) is -0.859. The van der Waals surface area contributed by atoms with Crippen molar-refractivity contribution in [1.82, 2.24) is 0 Å². The molecule has 1 amide bonds. The van der Waals surface area contributed by atoms with E-state index >= 15 is 0 Å². The molecule has 1 N–H and O–H groups in total. The smallest absolute Gasteiger partial charge is 0.326 e. The van der Waals surface area contributed by atoms with Crippen molar-refractivity contribution in [1.29, 1.82) is 0 Å². The van der Waals surface area contributed by atoms with Crippen molar-refractivity contribution in [3.63, 3.8) is 0 Å². The molecule has 1 aliphatic rings. The summed E-state index contributed by atoms with van der Waals surface area (Å²) in [5, 5.41) is 9.18. The van der Waals surface area contributed by atoms with Gasteiger partial charge in [-0.25, -0.2) is 4.79 Å². The topological polar surface area (TPSA) is 66.8 Å². The third-order valence-electron chi connectivity index (χ3n) is 3.22. The molecule has 0 spiro atoms. The van der Waals surface area contributed by atoms with Crippen molar-refractivity contribution in [2.75, 3.05) is 4.90 Å². The largest absolute Gasteiger partial charge is 0.480 e. The second kappa shape index (κ2) is 4.26. The standard InChI is InChI=1S/C14H17NO4/c1-8-5-6-11-10(7-8)15(9(2)12(16)17)13(18)14(3,4)19-11/h5-7,9H,1-4H3,(H,16,17). The molecule has 1 aromatic carbocycles. The van der Waals surface area contributed by atoms with Crippen LogP contribution in [-0.4, -0.2) is 28.6 Å². The van der Waals surface area contributed by atoms with E-state index in [-0.39, 0.29) is 5.91 Å². The Hall–Kier alpha value is -2.04. The van der Waals surface area contributed by atoms with Crippen LogP contribution >= 0.6 is 0 Å². The summed E-state index contributed by atoms with van der Waals surface area (Å²) in [6.45, 7) is 6.65. The Bertz CT molecular complexity index is 550. The van der Waals surface area contributed by atoms with Crippen LogP contribution in [0.25, 0.3) is 0 Å². The van der Waals surface area contributed by atoms with E-state index in [9.17, 15) is 14.7 Å². The van der Waals surface area contributed by atoms with Crippen LogP contribution in [0.1, 0.15) is 26.3 Å². The van der Waals surface area contributed by atoms with Crippen molar-refractivity contribution in [3.05, 3.63) is 23.8 Å². The van der Waals surface area contributed by atoms with E-state index < -0.39 is 17.6 Å². The van der Waals surface area contributed by atoms with Crippen molar-refractivity contribution in [3.8, 4) is 5.75 Å². The average Bonchev–Trinajstić information content (AvgIpc) is 2.31. The highest BCUT2D eigenvalue weighted by Gasteiger charge is 2.44. The SMILES string of the molecule is Cc1ccc2c(c1)N(C(C)C(=O)O)C(=O)C(C)(C)O2. The number of nitrogens with zero attached hydrogens (tertiary/aromatic N) is 1. The third-order valence-corrected chi connectivity index (χ3v) is 3.22. The summed E-state index contributed by atoms with van der Waals surface area (Å²) in [7, 11) is 0. The number of rotatable bonds is 2. The predicted octanol–water partition coefficient (Wildman–Crippen LogP) is 1.97. The minimum atomic E-state index is -1.06. The lowest BCUT2D eigenvalue weighted by atomic mass is 10.0. The fraction of sp³-hybridized carbons (Fsp3) is 0.429. The Morgan fingerprint density at radius 2 is 2.05 bits per heavy atom. The molecule has 1 heterocycles. The quantitative estimate of drug-likeness (QED) is 0.885. The molecule has 19 heavy (non-hydrogen) atoms. The van der Waals surface area contributed by atoms with Gasteiger partial charge < -0.3 is 9.84 Å². The number of carbonyl (C=O) groups is 2. The predicted molar refractivity (Wildman–Crippen MR) is 70.5 cm³/mol. The van der Waals surface area contributed by atoms with Gasteiger partial charge in [-0.2, -0.15) is 0 Å². The van der Waals surface area contributed by atoms with Crippen LogP contribution < -0.4 is 9.64 Å². The molecule has 1 aliphatic heterocycles. The number of carbonyl (C=O) groups excluding carboxylic acids is 1. The Labute approximate surface area is 111 Å². The highest BCUT2D eigenvalue weighted by atomic mass is 16.5. The number of carboxylic acids is 1. The van der Waals surface area contributed by atoms with Gasteiger partial charge >= 0.3 is 5.97 Å². The first kappa shape index (κ1) is 13.4. The Morgan fingerprint density at radius 3 is 2.63 bits per heavy atom. The maximum atomic E-state index is 12.4. The molecule has 0 saturated heterocycles. The zero-order chi connectivity index (χ0) is 14.4. The Morgan fingerprint density at radius 1 is 1.42 bits per heavy atom. The minimum absolute atomic E-state index is 0.347. The number of aryl methyl sites for hydroxylation is 1. The van der Waals surface area contributed by atoms with Crippen LogP contribution in [0.5, 0.6) is 5.75 Å². The van der Waals surface area contributed by atoms with E-state index in [1.54, 1.807) is 26.0 Å². The zero-order valence-corrected chi connectivity index (χ0v) is 11.4. The number of amides is 1. The van der Waals surface area contributed by atoms with Crippen LogP contribution in [-0.2, 0) is 9.59 Å². The van der Waals surface area contributed by atoms with Gasteiger partial charge in [0.1, 0.15) is 11.8 Å². The lowest BCUT2D eigenvalue weighted by molar-refractivity contribution is -0.142. The van der Waals surface area contributed by atoms with Crippen LogP contribution in [0, 0.1) is 6.92 Å². The minimum Gasteiger partial charge on any atom is -0.480 e. The molecule has 0 radical (unpaired) electrons. The van der Waals surface area contributed by atoms with Gasteiger partial charge in [0.25, 0.3) is 5.91 Å². The Balaban J connectivity index is 2.60. The highest BCUT2D eigenvalue weighted by Crippen LogP contribution is 2.39. The number of carboxylic acid groups (broad SMARTS) is 1. The molecule has 5 nitrogen and oxygen atoms in total. The van der Waals surface area contributed by atoms with Crippen molar-refractivity contribution in [2.45, 2.75) is 39.3 Å². The van der Waals surface area contributed by atoms with Gasteiger partial charge in [-0.05, 0) is 45.4 Å². The van der Waals surface area contributed by atoms with Gasteiger partial charge in [-0.15, -0.1) is 0 Å². The average molecular weight is 263 g/mol. The molecule has 2 rings (SSSR count). The summed E-state index contributed by atoms with van der Waals surface area (Å²) in [6, 6.07) is 4.47. The van der Waals surface area contributed by atoms with E-state index in [4.69, 9.17) is 4.74 Å². The normalized spacial score (nSPS) is 18.5. The maximum Gasteiger partial charge on any atom is 0.326 e. The molecule has 0 bridgehead atoms. The summed E-state index contributed by atoms with van der Waals surface area (Å²) in [4.78, 5) is 24.9. The lowest BCUT2D eigenvalue weighted by Crippen LogP contribution is -2.57. The Kier molecular flexibility index (Phi) is 3.00. The molecule has 1 aromatic rings. The lowest BCUT2D eigenvalue weighted by Gasteiger charge is -2.40. The summed E-state index contributed by atoms with van der Waals surface area (Å²) in [5.41, 5.74) is 0.392. The fourth-order valence-corrected chi connectivity index (χ4v) is 2.11.